The van der Waals surface area contributed by atoms with Crippen LogP contribution in [0.3, 0.4) is 0 Å². The highest BCUT2D eigenvalue weighted by Gasteiger charge is 2.19. The fourth-order valence-electron chi connectivity index (χ4n) is 4.64. The fourth-order valence-corrected chi connectivity index (χ4v) is 4.89. The lowest BCUT2D eigenvalue weighted by molar-refractivity contribution is -0.130. The molecule has 1 amide bonds. The predicted molar refractivity (Wildman–Crippen MR) is 137 cm³/mol. The molecule has 0 atom stereocenters. The van der Waals surface area contributed by atoms with E-state index in [1.165, 1.54) is 0 Å². The van der Waals surface area contributed by atoms with Crippen LogP contribution < -0.4 is 0 Å². The number of hydrogen-bond acceptors (Lipinski definition) is 6. The lowest BCUT2D eigenvalue weighted by Crippen LogP contribution is -2.31. The van der Waals surface area contributed by atoms with Crippen LogP contribution in [-0.4, -0.2) is 48.9 Å². The molecule has 0 bridgehead atoms. The molecule has 3 aromatic heterocycles. The Morgan fingerprint density at radius 1 is 0.972 bits per heavy atom. The van der Waals surface area contributed by atoms with Gasteiger partial charge >= 0.3 is 0 Å². The summed E-state index contributed by atoms with van der Waals surface area (Å²) in [7, 11) is 0. The number of benzene rings is 2. The van der Waals surface area contributed by atoms with Gasteiger partial charge in [0.25, 0.3) is 0 Å². The minimum absolute atomic E-state index is 0.121. The molecule has 1 aliphatic rings. The molecular formula is C27H23ClN6O2. The first-order valence-corrected chi connectivity index (χ1v) is 12.2. The fraction of sp³-hybridized carbons (Fsp3) is 0.222. The van der Waals surface area contributed by atoms with E-state index in [0.29, 0.717) is 22.4 Å². The van der Waals surface area contributed by atoms with Crippen molar-refractivity contribution in [3.05, 3.63) is 72.1 Å². The minimum atomic E-state index is 0.121. The van der Waals surface area contributed by atoms with E-state index < -0.39 is 0 Å². The van der Waals surface area contributed by atoms with Gasteiger partial charge in [-0.1, -0.05) is 35.9 Å². The molecule has 4 heterocycles. The highest BCUT2D eigenvalue weighted by Crippen LogP contribution is 2.36. The average molecular weight is 499 g/mol. The van der Waals surface area contributed by atoms with Crippen molar-refractivity contribution in [2.45, 2.75) is 26.3 Å². The van der Waals surface area contributed by atoms with Crippen LogP contribution in [0.5, 0.6) is 0 Å². The van der Waals surface area contributed by atoms with Gasteiger partial charge in [-0.05, 0) is 41.5 Å². The van der Waals surface area contributed by atoms with E-state index in [-0.39, 0.29) is 12.5 Å². The second-order valence-corrected chi connectivity index (χ2v) is 9.37. The van der Waals surface area contributed by atoms with E-state index >= 15 is 0 Å². The molecule has 1 saturated heterocycles. The first-order chi connectivity index (χ1) is 17.5. The largest absolute Gasteiger partial charge is 0.421 e. The number of rotatable bonds is 5. The normalized spacial score (nSPS) is 13.6. The SMILES string of the molecule is Cc1nnc(-c2cc3c(-c4ccc(-c5cnn(CC(=O)N6CCCC6)c5)cc4)cncc3cc2Cl)o1. The second-order valence-electron chi connectivity index (χ2n) is 8.96. The Bertz CT molecular complexity index is 1570. The zero-order chi connectivity index (χ0) is 24.6. The van der Waals surface area contributed by atoms with E-state index in [0.717, 1.165) is 59.0 Å². The summed E-state index contributed by atoms with van der Waals surface area (Å²) in [6.07, 6.45) is 9.52. The molecule has 0 aliphatic carbocycles. The van der Waals surface area contributed by atoms with Crippen LogP contribution in [0.4, 0.5) is 0 Å². The molecule has 8 nitrogen and oxygen atoms in total. The zero-order valence-corrected chi connectivity index (χ0v) is 20.4. The number of fused-ring (bicyclic) bond motifs is 1. The van der Waals surface area contributed by atoms with E-state index in [4.69, 9.17) is 16.0 Å². The topological polar surface area (TPSA) is 89.9 Å². The molecule has 0 N–H and O–H groups in total. The number of pyridine rings is 1. The number of carbonyl (C=O) groups excluding carboxylic acids is 1. The van der Waals surface area contributed by atoms with E-state index in [9.17, 15) is 4.79 Å². The Kier molecular flexibility index (Phi) is 5.73. The molecule has 1 fully saturated rings. The molecule has 9 heteroatoms. The number of amides is 1. The van der Waals surface area contributed by atoms with Crippen LogP contribution in [0.2, 0.25) is 5.02 Å². The molecule has 0 unspecified atom stereocenters. The lowest BCUT2D eigenvalue weighted by atomic mass is 9.97. The summed E-state index contributed by atoms with van der Waals surface area (Å²) in [5.41, 5.74) is 4.66. The predicted octanol–water partition coefficient (Wildman–Crippen LogP) is 5.40. The smallest absolute Gasteiger partial charge is 0.249 e. The van der Waals surface area contributed by atoms with E-state index in [2.05, 4.69) is 44.5 Å². The number of nitrogens with zero attached hydrogens (tertiary/aromatic N) is 6. The molecule has 0 spiro atoms. The molecule has 1 aliphatic heterocycles. The van der Waals surface area contributed by atoms with Crippen molar-refractivity contribution in [1.29, 1.82) is 0 Å². The van der Waals surface area contributed by atoms with Crippen LogP contribution in [0.1, 0.15) is 18.7 Å². The van der Waals surface area contributed by atoms with Crippen molar-refractivity contribution >= 4 is 28.3 Å². The van der Waals surface area contributed by atoms with Crippen molar-refractivity contribution in [2.75, 3.05) is 13.1 Å². The lowest BCUT2D eigenvalue weighted by Gasteiger charge is -2.14. The molecule has 2 aromatic carbocycles. The first kappa shape index (κ1) is 22.4. The summed E-state index contributed by atoms with van der Waals surface area (Å²) in [6.45, 7) is 3.71. The third kappa shape index (κ3) is 4.24. The van der Waals surface area contributed by atoms with Crippen molar-refractivity contribution in [3.63, 3.8) is 0 Å². The van der Waals surface area contributed by atoms with Gasteiger partial charge in [-0.2, -0.15) is 5.10 Å². The third-order valence-electron chi connectivity index (χ3n) is 6.52. The van der Waals surface area contributed by atoms with Crippen LogP contribution >= 0.6 is 11.6 Å². The average Bonchev–Trinajstić information content (AvgIpc) is 3.66. The van der Waals surface area contributed by atoms with Gasteiger partial charge in [0.15, 0.2) is 0 Å². The molecule has 36 heavy (non-hydrogen) atoms. The number of hydrogen-bond donors (Lipinski definition) is 0. The van der Waals surface area contributed by atoms with Crippen LogP contribution in [0.15, 0.2) is 65.6 Å². The van der Waals surface area contributed by atoms with Gasteiger partial charge in [0.05, 0.1) is 16.8 Å². The molecule has 180 valence electrons. The van der Waals surface area contributed by atoms with Gasteiger partial charge in [-0.15, -0.1) is 10.2 Å². The van der Waals surface area contributed by atoms with Gasteiger partial charge in [0.2, 0.25) is 17.7 Å². The van der Waals surface area contributed by atoms with Crippen LogP contribution in [-0.2, 0) is 11.3 Å². The highest BCUT2D eigenvalue weighted by molar-refractivity contribution is 6.34. The quantitative estimate of drug-likeness (QED) is 0.322. The Balaban J connectivity index is 1.28. The number of likely N-dealkylation sites (tertiary alicyclic amines) is 1. The standard InChI is InChI=1S/C27H23ClN6O2/c1-17-31-32-27(36-17)23-11-22-20(10-25(23)28)12-29-14-24(22)19-6-4-18(5-7-19)21-13-30-34(15-21)16-26(35)33-8-2-3-9-33/h4-7,10-15H,2-3,8-9,16H2,1H3. The van der Waals surface area contributed by atoms with Crippen LogP contribution in [0.25, 0.3) is 44.5 Å². The van der Waals surface area contributed by atoms with Gasteiger partial charge in [0, 0.05) is 55.1 Å². The Labute approximate surface area is 212 Å². The van der Waals surface area contributed by atoms with Crippen LogP contribution in [0, 0.1) is 6.92 Å². The summed E-state index contributed by atoms with van der Waals surface area (Å²) in [4.78, 5) is 18.8. The summed E-state index contributed by atoms with van der Waals surface area (Å²) < 4.78 is 7.32. The molecular weight excluding hydrogens is 476 g/mol. The number of aromatic nitrogens is 5. The monoisotopic (exact) mass is 498 g/mol. The number of carbonyl (C=O) groups is 1. The van der Waals surface area contributed by atoms with Gasteiger partial charge in [-0.25, -0.2) is 0 Å². The maximum Gasteiger partial charge on any atom is 0.249 e. The summed E-state index contributed by atoms with van der Waals surface area (Å²) in [5.74, 6) is 0.990. The van der Waals surface area contributed by atoms with Gasteiger partial charge < -0.3 is 9.32 Å². The minimum Gasteiger partial charge on any atom is -0.421 e. The Hall–Kier alpha value is -4.04. The maximum absolute atomic E-state index is 12.4. The van der Waals surface area contributed by atoms with E-state index in [1.807, 2.05) is 29.4 Å². The molecule has 0 radical (unpaired) electrons. The zero-order valence-electron chi connectivity index (χ0n) is 19.7. The van der Waals surface area contributed by atoms with Crippen molar-refractivity contribution in [2.24, 2.45) is 0 Å². The first-order valence-electron chi connectivity index (χ1n) is 11.8. The molecule has 5 aromatic rings. The third-order valence-corrected chi connectivity index (χ3v) is 6.83. The summed E-state index contributed by atoms with van der Waals surface area (Å²) >= 11 is 6.52. The van der Waals surface area contributed by atoms with Gasteiger partial charge in [0.1, 0.15) is 6.54 Å². The summed E-state index contributed by atoms with van der Waals surface area (Å²) in [6, 6.07) is 12.1. The maximum atomic E-state index is 12.4. The molecule has 6 rings (SSSR count). The Morgan fingerprint density at radius 3 is 2.50 bits per heavy atom. The van der Waals surface area contributed by atoms with Crippen molar-refractivity contribution in [3.8, 4) is 33.7 Å². The molecule has 0 saturated carbocycles. The Morgan fingerprint density at radius 2 is 1.75 bits per heavy atom. The second kappa shape index (κ2) is 9.20. The highest BCUT2D eigenvalue weighted by atomic mass is 35.5. The van der Waals surface area contributed by atoms with Crippen molar-refractivity contribution in [1.82, 2.24) is 29.9 Å². The number of aryl methyl sites for hydroxylation is 1. The van der Waals surface area contributed by atoms with Crippen molar-refractivity contribution < 1.29 is 9.21 Å². The van der Waals surface area contributed by atoms with Gasteiger partial charge in [-0.3, -0.25) is 14.5 Å². The van der Waals surface area contributed by atoms with E-state index in [1.54, 1.807) is 24.0 Å². The summed E-state index contributed by atoms with van der Waals surface area (Å²) in [5, 5.41) is 14.9. The number of halogens is 1.